The Bertz CT molecular complexity index is 1660. The maximum atomic E-state index is 6.03. The largest absolute Gasteiger partial charge is 0.489 e. The third-order valence-corrected chi connectivity index (χ3v) is 8.11. The Labute approximate surface area is 300 Å². The lowest BCUT2D eigenvalue weighted by molar-refractivity contribution is 0.0180. The molecule has 0 atom stereocenters. The average molecular weight is 697 g/mol. The van der Waals surface area contributed by atoms with E-state index < -0.39 is 0 Å². The second-order valence-electron chi connectivity index (χ2n) is 11.6. The fraction of sp³-hybridized carbons (Fsp3) is 0.366. The Morgan fingerprint density at radius 2 is 0.882 bits per heavy atom. The van der Waals surface area contributed by atoms with Gasteiger partial charge in [-0.2, -0.15) is 0 Å². The zero-order chi connectivity index (χ0) is 35.4. The number of aromatic nitrogens is 2. The van der Waals surface area contributed by atoms with Crippen LogP contribution in [-0.2, 0) is 28.4 Å². The lowest BCUT2D eigenvalue weighted by Crippen LogP contribution is -2.12. The van der Waals surface area contributed by atoms with Gasteiger partial charge in [0.2, 0.25) is 0 Å². The highest BCUT2D eigenvalue weighted by atomic mass is 16.6. The van der Waals surface area contributed by atoms with Crippen molar-refractivity contribution in [2.75, 3.05) is 93.5 Å². The third kappa shape index (κ3) is 12.1. The molecule has 0 saturated carbocycles. The fourth-order valence-corrected chi connectivity index (χ4v) is 5.45. The van der Waals surface area contributed by atoms with Gasteiger partial charge in [0.25, 0.3) is 0 Å². The van der Waals surface area contributed by atoms with E-state index in [1.54, 1.807) is 39.0 Å². The van der Waals surface area contributed by atoms with Gasteiger partial charge >= 0.3 is 0 Å². The molecule has 10 heteroatoms. The first kappa shape index (κ1) is 37.8. The van der Waals surface area contributed by atoms with Crippen molar-refractivity contribution in [3.63, 3.8) is 0 Å². The predicted octanol–water partition coefficient (Wildman–Crippen LogP) is 6.80. The molecule has 0 saturated heterocycles. The van der Waals surface area contributed by atoms with Crippen molar-refractivity contribution in [1.29, 1.82) is 0 Å². The summed E-state index contributed by atoms with van der Waals surface area (Å²) >= 11 is 0. The van der Waals surface area contributed by atoms with Crippen LogP contribution < -0.4 is 9.47 Å². The summed E-state index contributed by atoms with van der Waals surface area (Å²) in [6.45, 7) is 6.16. The zero-order valence-corrected chi connectivity index (χ0v) is 29.6. The highest BCUT2D eigenvalue weighted by molar-refractivity contribution is 5.90. The molecule has 0 fully saturated rings. The summed E-state index contributed by atoms with van der Waals surface area (Å²) in [5.74, 6) is 1.46. The Morgan fingerprint density at radius 1 is 0.471 bits per heavy atom. The van der Waals surface area contributed by atoms with E-state index in [1.165, 1.54) is 22.3 Å². The lowest BCUT2D eigenvalue weighted by atomic mass is 9.99. The molecule has 2 aromatic heterocycles. The molecule has 0 N–H and O–H groups in total. The minimum absolute atomic E-state index is 0.427. The molecule has 1 aliphatic carbocycles. The van der Waals surface area contributed by atoms with Gasteiger partial charge in [-0.15, -0.1) is 0 Å². The molecule has 51 heavy (non-hydrogen) atoms. The summed E-state index contributed by atoms with van der Waals surface area (Å²) in [6.07, 6.45) is 12.5. The van der Waals surface area contributed by atoms with E-state index >= 15 is 0 Å². The van der Waals surface area contributed by atoms with Crippen molar-refractivity contribution in [3.8, 4) is 33.8 Å². The molecular weight excluding hydrogens is 648 g/mol. The van der Waals surface area contributed by atoms with E-state index in [1.807, 2.05) is 12.1 Å². The second kappa shape index (κ2) is 21.7. The molecule has 0 amide bonds. The Kier molecular flexibility index (Phi) is 16.1. The fourth-order valence-electron chi connectivity index (χ4n) is 5.45. The molecule has 0 radical (unpaired) electrons. The van der Waals surface area contributed by atoms with Crippen molar-refractivity contribution in [2.45, 2.75) is 6.42 Å². The molecule has 0 spiro atoms. The zero-order valence-electron chi connectivity index (χ0n) is 29.6. The number of methoxy groups -OCH3 is 2. The second-order valence-corrected chi connectivity index (χ2v) is 11.6. The normalized spacial score (nSPS) is 12.5. The van der Waals surface area contributed by atoms with Crippen LogP contribution in [0.5, 0.6) is 11.5 Å². The van der Waals surface area contributed by atoms with Gasteiger partial charge in [0.1, 0.15) is 24.7 Å². The minimum Gasteiger partial charge on any atom is -0.489 e. The maximum Gasteiger partial charge on any atom is 0.145 e. The standard InChI is InChI=1S/C41H48N2O8/c1-44-17-19-46-21-23-48-25-27-50-40-30-42-15-13-38(40)34-7-3-32(4-8-34)36-11-12-37(29-36)33-5-9-35(10-6-33)39-14-16-43-31-41(39)51-28-26-49-24-22-47-20-18-45-2/h3-11,13-16,29-31H,12,17-28H2,1-2H3. The highest BCUT2D eigenvalue weighted by Crippen LogP contribution is 2.36. The average Bonchev–Trinajstić information content (AvgIpc) is 3.68. The molecule has 5 rings (SSSR count). The Morgan fingerprint density at radius 3 is 1.35 bits per heavy atom. The number of allylic oxidation sites excluding steroid dienone is 4. The number of hydrogen-bond donors (Lipinski definition) is 0. The van der Waals surface area contributed by atoms with Crippen molar-refractivity contribution in [1.82, 2.24) is 9.97 Å². The summed E-state index contributed by atoms with van der Waals surface area (Å²) in [5.41, 5.74) is 8.98. The van der Waals surface area contributed by atoms with Gasteiger partial charge in [-0.3, -0.25) is 9.97 Å². The van der Waals surface area contributed by atoms with Crippen LogP contribution in [0.25, 0.3) is 33.4 Å². The summed E-state index contributed by atoms with van der Waals surface area (Å²) in [6, 6.07) is 21.2. The van der Waals surface area contributed by atoms with Crippen molar-refractivity contribution < 1.29 is 37.9 Å². The van der Waals surface area contributed by atoms with Gasteiger partial charge in [0, 0.05) is 37.7 Å². The van der Waals surface area contributed by atoms with Gasteiger partial charge in [-0.25, -0.2) is 0 Å². The molecule has 4 aromatic rings. The predicted molar refractivity (Wildman–Crippen MR) is 198 cm³/mol. The quantitative estimate of drug-likeness (QED) is 0.0728. The van der Waals surface area contributed by atoms with Crippen LogP contribution in [0.15, 0.2) is 97.6 Å². The maximum absolute atomic E-state index is 6.03. The van der Waals surface area contributed by atoms with E-state index in [0.717, 1.165) is 40.2 Å². The number of rotatable bonds is 24. The molecule has 0 aliphatic heterocycles. The monoisotopic (exact) mass is 696 g/mol. The van der Waals surface area contributed by atoms with E-state index in [4.69, 9.17) is 37.9 Å². The molecule has 1 aliphatic rings. The van der Waals surface area contributed by atoms with Gasteiger partial charge in [0.15, 0.2) is 0 Å². The van der Waals surface area contributed by atoms with Crippen LogP contribution in [0.2, 0.25) is 0 Å². The van der Waals surface area contributed by atoms with Gasteiger partial charge in [-0.05, 0) is 52.0 Å². The van der Waals surface area contributed by atoms with Crippen LogP contribution in [0, 0.1) is 0 Å². The molecule has 270 valence electrons. The van der Waals surface area contributed by atoms with Crippen LogP contribution in [-0.4, -0.2) is 103 Å². The molecule has 0 unspecified atom stereocenters. The number of hydrogen-bond acceptors (Lipinski definition) is 10. The summed E-state index contributed by atoms with van der Waals surface area (Å²) < 4.78 is 44.1. The SMILES string of the molecule is COCCOCCOCCOc1cnccc1-c1ccc(C2=CCC(c3ccc(-c4ccncc4OCCOCCOCCOC)cc3)=C2)cc1. The van der Waals surface area contributed by atoms with Crippen molar-refractivity contribution in [3.05, 3.63) is 109 Å². The van der Waals surface area contributed by atoms with Crippen LogP contribution in [0.3, 0.4) is 0 Å². The number of benzene rings is 2. The first-order valence-corrected chi connectivity index (χ1v) is 17.3. The first-order chi connectivity index (χ1) is 25.3. The first-order valence-electron chi connectivity index (χ1n) is 17.3. The highest BCUT2D eigenvalue weighted by Gasteiger charge is 2.13. The van der Waals surface area contributed by atoms with Crippen LogP contribution >= 0.6 is 0 Å². The molecule has 2 heterocycles. The lowest BCUT2D eigenvalue weighted by Gasteiger charge is -2.12. The smallest absolute Gasteiger partial charge is 0.145 e. The van der Waals surface area contributed by atoms with Gasteiger partial charge in [-0.1, -0.05) is 60.7 Å². The molecule has 10 nitrogen and oxygen atoms in total. The number of ether oxygens (including phenoxy) is 8. The summed E-state index contributed by atoms with van der Waals surface area (Å²) in [4.78, 5) is 8.54. The van der Waals surface area contributed by atoms with Crippen LogP contribution in [0.4, 0.5) is 0 Å². The topological polar surface area (TPSA) is 99.6 Å². The Hall–Kier alpha value is -4.42. The molecule has 2 aromatic carbocycles. The van der Waals surface area contributed by atoms with E-state index in [9.17, 15) is 0 Å². The van der Waals surface area contributed by atoms with Gasteiger partial charge in [0.05, 0.1) is 78.5 Å². The van der Waals surface area contributed by atoms with E-state index in [-0.39, 0.29) is 0 Å². The third-order valence-electron chi connectivity index (χ3n) is 8.11. The van der Waals surface area contributed by atoms with E-state index in [0.29, 0.717) is 79.3 Å². The minimum atomic E-state index is 0.427. The molecule has 0 bridgehead atoms. The number of nitrogens with zero attached hydrogens (tertiary/aromatic N) is 2. The van der Waals surface area contributed by atoms with Gasteiger partial charge < -0.3 is 37.9 Å². The number of pyridine rings is 2. The summed E-state index contributed by atoms with van der Waals surface area (Å²) in [5, 5.41) is 0. The Balaban J connectivity index is 1.11. The van der Waals surface area contributed by atoms with Crippen LogP contribution in [0.1, 0.15) is 17.5 Å². The van der Waals surface area contributed by atoms with Crippen molar-refractivity contribution in [2.24, 2.45) is 0 Å². The van der Waals surface area contributed by atoms with Crippen molar-refractivity contribution >= 4 is 11.1 Å². The van der Waals surface area contributed by atoms with E-state index in [2.05, 4.69) is 70.7 Å². The molecular formula is C41H48N2O8. The summed E-state index contributed by atoms with van der Waals surface area (Å²) in [7, 11) is 3.31.